The van der Waals surface area contributed by atoms with Crippen molar-refractivity contribution in [2.75, 3.05) is 32.1 Å². The number of aromatic nitrogens is 3. The number of carbonyl (C=O) groups is 1. The third-order valence-electron chi connectivity index (χ3n) is 3.92. The number of benzene rings is 1. The summed E-state index contributed by atoms with van der Waals surface area (Å²) in [5, 5.41) is 5.58. The molecule has 2 heterocycles. The second kappa shape index (κ2) is 8.35. The fourth-order valence-electron chi connectivity index (χ4n) is 2.46. The van der Waals surface area contributed by atoms with Gasteiger partial charge in [-0.05, 0) is 44.8 Å². The maximum atomic E-state index is 13.0. The van der Waals surface area contributed by atoms with Gasteiger partial charge in [0.25, 0.3) is 5.91 Å². The van der Waals surface area contributed by atoms with Gasteiger partial charge in [-0.2, -0.15) is 5.10 Å². The van der Waals surface area contributed by atoms with Crippen LogP contribution in [0.15, 0.2) is 24.4 Å². The summed E-state index contributed by atoms with van der Waals surface area (Å²) in [6.07, 6.45) is 1.76. The van der Waals surface area contributed by atoms with Gasteiger partial charge in [-0.15, -0.1) is 12.4 Å². The van der Waals surface area contributed by atoms with Gasteiger partial charge in [0.1, 0.15) is 0 Å². The van der Waals surface area contributed by atoms with Gasteiger partial charge >= 0.3 is 0 Å². The van der Waals surface area contributed by atoms with E-state index >= 15 is 0 Å². The number of carbonyl (C=O) groups excluding carboxylic acids is 1. The van der Waals surface area contributed by atoms with Crippen molar-refractivity contribution in [1.82, 2.24) is 19.7 Å². The predicted octanol–water partition coefficient (Wildman–Crippen LogP) is 3.62. The number of hydrogen-bond acceptors (Lipinski definition) is 5. The Morgan fingerprint density at radius 3 is 2.62 bits per heavy atom. The van der Waals surface area contributed by atoms with Crippen molar-refractivity contribution in [3.8, 4) is 0 Å². The number of rotatable bonds is 5. The standard InChI is InChI=1S/C17H20ClN5OS.ClH/c1-11-12(18)5-6-14-15(11)19-17(25-14)23(10-9-21(2)3)16(24)13-7-8-22(4)20-13;/h5-8H,9-10H2,1-4H3;1H. The van der Waals surface area contributed by atoms with E-state index in [-0.39, 0.29) is 18.3 Å². The smallest absolute Gasteiger partial charge is 0.280 e. The highest BCUT2D eigenvalue weighted by Crippen LogP contribution is 2.33. The van der Waals surface area contributed by atoms with Crippen molar-refractivity contribution in [1.29, 1.82) is 0 Å². The van der Waals surface area contributed by atoms with E-state index in [2.05, 4.69) is 5.10 Å². The zero-order chi connectivity index (χ0) is 18.1. The third kappa shape index (κ3) is 4.17. The first-order chi connectivity index (χ1) is 11.9. The van der Waals surface area contributed by atoms with E-state index in [4.69, 9.17) is 16.6 Å². The lowest BCUT2D eigenvalue weighted by atomic mass is 10.2. The van der Waals surface area contributed by atoms with Crippen LogP contribution in [0.25, 0.3) is 10.2 Å². The average Bonchev–Trinajstić information content (AvgIpc) is 3.17. The molecule has 0 bridgehead atoms. The van der Waals surface area contributed by atoms with Crippen molar-refractivity contribution in [2.24, 2.45) is 7.05 Å². The first-order valence-electron chi connectivity index (χ1n) is 7.88. The van der Waals surface area contributed by atoms with Crippen LogP contribution in [0.1, 0.15) is 16.1 Å². The molecule has 3 rings (SSSR count). The fourth-order valence-corrected chi connectivity index (χ4v) is 3.66. The Kier molecular flexibility index (Phi) is 6.63. The van der Waals surface area contributed by atoms with Crippen molar-refractivity contribution in [2.45, 2.75) is 6.92 Å². The molecule has 9 heteroatoms. The summed E-state index contributed by atoms with van der Waals surface area (Å²) < 4.78 is 2.64. The molecule has 0 fully saturated rings. The average molecular weight is 414 g/mol. The molecule has 1 amide bonds. The van der Waals surface area contributed by atoms with Crippen LogP contribution in [0.4, 0.5) is 5.13 Å². The molecule has 0 saturated heterocycles. The predicted molar refractivity (Wildman–Crippen MR) is 110 cm³/mol. The Bertz CT molecular complexity index is 921. The summed E-state index contributed by atoms with van der Waals surface area (Å²) in [6.45, 7) is 3.21. The van der Waals surface area contributed by atoms with Gasteiger partial charge in [-0.1, -0.05) is 22.9 Å². The second-order valence-electron chi connectivity index (χ2n) is 6.15. The van der Waals surface area contributed by atoms with Gasteiger partial charge in [0.15, 0.2) is 10.8 Å². The quantitative estimate of drug-likeness (QED) is 0.640. The Labute approximate surface area is 167 Å². The number of hydrogen-bond donors (Lipinski definition) is 0. The highest BCUT2D eigenvalue weighted by molar-refractivity contribution is 7.22. The van der Waals surface area contributed by atoms with Crippen molar-refractivity contribution in [3.63, 3.8) is 0 Å². The van der Waals surface area contributed by atoms with Crippen LogP contribution in [0.5, 0.6) is 0 Å². The molecule has 0 spiro atoms. The number of thiazole rings is 1. The van der Waals surface area contributed by atoms with Crippen LogP contribution in [0.3, 0.4) is 0 Å². The first-order valence-corrected chi connectivity index (χ1v) is 9.08. The monoisotopic (exact) mass is 413 g/mol. The molecule has 0 aliphatic heterocycles. The van der Waals surface area contributed by atoms with Crippen LogP contribution in [0, 0.1) is 6.92 Å². The van der Waals surface area contributed by atoms with Gasteiger partial charge in [0.05, 0.1) is 10.2 Å². The molecule has 0 aliphatic rings. The van der Waals surface area contributed by atoms with Crippen LogP contribution in [0.2, 0.25) is 5.02 Å². The van der Waals surface area contributed by atoms with E-state index in [1.165, 1.54) is 11.3 Å². The molecule has 0 saturated carbocycles. The first kappa shape index (κ1) is 20.6. The van der Waals surface area contributed by atoms with Crippen LogP contribution < -0.4 is 4.90 Å². The molecule has 0 atom stereocenters. The normalized spacial score (nSPS) is 11.0. The molecule has 0 N–H and O–H groups in total. The van der Waals surface area contributed by atoms with Crippen LogP contribution in [-0.2, 0) is 7.05 Å². The SMILES string of the molecule is Cc1c(Cl)ccc2sc(N(CCN(C)C)C(=O)c3ccn(C)n3)nc12.Cl. The molecular formula is C17H21Cl2N5OS. The lowest BCUT2D eigenvalue weighted by Gasteiger charge is -2.21. The number of aryl methyl sites for hydroxylation is 2. The molecule has 140 valence electrons. The summed E-state index contributed by atoms with van der Waals surface area (Å²) in [5.41, 5.74) is 2.19. The van der Waals surface area contributed by atoms with Gasteiger partial charge in [0.2, 0.25) is 0 Å². The summed E-state index contributed by atoms with van der Waals surface area (Å²) in [7, 11) is 5.75. The minimum atomic E-state index is -0.148. The van der Waals surface area contributed by atoms with E-state index in [0.717, 1.165) is 22.3 Å². The Morgan fingerprint density at radius 1 is 1.27 bits per heavy atom. The number of fused-ring (bicyclic) bond motifs is 1. The highest BCUT2D eigenvalue weighted by Gasteiger charge is 2.23. The zero-order valence-corrected chi connectivity index (χ0v) is 17.5. The van der Waals surface area contributed by atoms with Crippen molar-refractivity contribution >= 4 is 56.6 Å². The molecular weight excluding hydrogens is 393 g/mol. The minimum absolute atomic E-state index is 0. The summed E-state index contributed by atoms with van der Waals surface area (Å²) in [4.78, 5) is 21.4. The number of likely N-dealkylation sites (N-methyl/N-ethyl adjacent to an activating group) is 1. The van der Waals surface area contributed by atoms with Gasteiger partial charge in [-0.25, -0.2) is 4.98 Å². The van der Waals surface area contributed by atoms with Gasteiger partial charge in [0, 0.05) is 31.4 Å². The number of halogens is 2. The molecule has 0 radical (unpaired) electrons. The van der Waals surface area contributed by atoms with E-state index < -0.39 is 0 Å². The Morgan fingerprint density at radius 2 is 2.00 bits per heavy atom. The third-order valence-corrected chi connectivity index (χ3v) is 5.37. The number of nitrogens with zero attached hydrogens (tertiary/aromatic N) is 5. The zero-order valence-electron chi connectivity index (χ0n) is 15.1. The number of anilines is 1. The summed E-state index contributed by atoms with van der Waals surface area (Å²) in [6, 6.07) is 5.54. The van der Waals surface area contributed by atoms with Crippen LogP contribution in [-0.4, -0.2) is 52.8 Å². The lowest BCUT2D eigenvalue weighted by molar-refractivity contribution is 0.0979. The fraction of sp³-hybridized carbons (Fsp3) is 0.353. The maximum absolute atomic E-state index is 13.0. The molecule has 26 heavy (non-hydrogen) atoms. The summed E-state index contributed by atoms with van der Waals surface area (Å²) in [5.74, 6) is -0.148. The summed E-state index contributed by atoms with van der Waals surface area (Å²) >= 11 is 7.70. The van der Waals surface area contributed by atoms with E-state index in [9.17, 15) is 4.79 Å². The molecule has 0 unspecified atom stereocenters. The molecule has 2 aromatic heterocycles. The molecule has 3 aromatic rings. The Hall–Kier alpha value is -1.67. The topological polar surface area (TPSA) is 54.3 Å². The molecule has 1 aromatic carbocycles. The van der Waals surface area contributed by atoms with Crippen molar-refractivity contribution in [3.05, 3.63) is 40.7 Å². The highest BCUT2D eigenvalue weighted by atomic mass is 35.5. The largest absolute Gasteiger partial charge is 0.308 e. The lowest BCUT2D eigenvalue weighted by Crippen LogP contribution is -2.37. The Balaban J connectivity index is 0.00000243. The molecule has 0 aliphatic carbocycles. The molecule has 6 nitrogen and oxygen atoms in total. The second-order valence-corrected chi connectivity index (χ2v) is 7.57. The van der Waals surface area contributed by atoms with E-state index in [1.807, 2.05) is 38.1 Å². The number of amides is 1. The van der Waals surface area contributed by atoms with Crippen LogP contribution >= 0.6 is 35.3 Å². The minimum Gasteiger partial charge on any atom is -0.308 e. The van der Waals surface area contributed by atoms with E-state index in [1.54, 1.807) is 28.9 Å². The maximum Gasteiger partial charge on any atom is 0.280 e. The van der Waals surface area contributed by atoms with Gasteiger partial charge < -0.3 is 4.90 Å². The van der Waals surface area contributed by atoms with Crippen molar-refractivity contribution < 1.29 is 4.79 Å². The van der Waals surface area contributed by atoms with E-state index in [0.29, 0.717) is 22.4 Å². The van der Waals surface area contributed by atoms with Gasteiger partial charge in [-0.3, -0.25) is 14.4 Å².